The Morgan fingerprint density at radius 3 is 1.46 bits per heavy atom. The third-order valence-corrected chi connectivity index (χ3v) is 5.89. The molecule has 1 atom stereocenters. The molecule has 0 saturated heterocycles. The van der Waals surface area contributed by atoms with Crippen LogP contribution in [-0.4, -0.2) is 97.4 Å². The summed E-state index contributed by atoms with van der Waals surface area (Å²) in [6.07, 6.45) is -48.7. The van der Waals surface area contributed by atoms with Crippen molar-refractivity contribution in [2.75, 3.05) is 19.8 Å². The summed E-state index contributed by atoms with van der Waals surface area (Å²) in [4.78, 5) is 36.2. The second-order valence-corrected chi connectivity index (χ2v) is 10.1. The van der Waals surface area contributed by atoms with Crippen LogP contribution in [0.1, 0.15) is 24.2 Å². The fourth-order valence-corrected chi connectivity index (χ4v) is 3.27. The Hall–Kier alpha value is -3.82. The Bertz CT molecular complexity index is 1420. The molecule has 0 aliphatic heterocycles. The van der Waals surface area contributed by atoms with E-state index in [1.807, 2.05) is 4.74 Å². The maximum atomic E-state index is 14.5. The van der Waals surface area contributed by atoms with Crippen LogP contribution in [0.25, 0.3) is 0 Å². The van der Waals surface area contributed by atoms with E-state index < -0.39 is 89.7 Å². The zero-order valence-corrected chi connectivity index (χ0v) is 25.0. The molecule has 0 radical (unpaired) electrons. The predicted octanol–water partition coefficient (Wildman–Crippen LogP) is 6.58. The van der Waals surface area contributed by atoms with Gasteiger partial charge < -0.3 is 19.9 Å². The number of ketones is 1. The van der Waals surface area contributed by atoms with Crippen LogP contribution in [0.2, 0.25) is 0 Å². The second kappa shape index (κ2) is 14.5. The van der Waals surface area contributed by atoms with Gasteiger partial charge >= 0.3 is 66.2 Å². The molecule has 1 aromatic rings. The number of carbonyl (C=O) groups is 3. The van der Waals surface area contributed by atoms with Crippen LogP contribution in [0.15, 0.2) is 24.3 Å². The third kappa shape index (κ3) is 9.03. The summed E-state index contributed by atoms with van der Waals surface area (Å²) in [6, 6.07) is 3.04. The quantitative estimate of drug-likeness (QED) is 0.0907. The number of alkyl halides is 19. The molecule has 0 aliphatic rings. The molecule has 0 aromatic heterocycles. The molecular weight excluding hydrogens is 791 g/mol. The third-order valence-electron chi connectivity index (χ3n) is 5.89. The molecule has 300 valence electrons. The molecule has 0 bridgehead atoms. The minimum Gasteiger partial charge on any atom is -0.490 e. The fourth-order valence-electron chi connectivity index (χ4n) is 3.27. The maximum absolute atomic E-state index is 14.5. The summed E-state index contributed by atoms with van der Waals surface area (Å²) < 4.78 is 273. The summed E-state index contributed by atoms with van der Waals surface area (Å²) in [5.41, 5.74) is -6.99. The van der Waals surface area contributed by atoms with Gasteiger partial charge in [0.2, 0.25) is 5.78 Å². The van der Waals surface area contributed by atoms with Crippen molar-refractivity contribution in [1.82, 2.24) is 0 Å². The van der Waals surface area contributed by atoms with E-state index in [1.54, 1.807) is 0 Å². The molecule has 2 N–H and O–H groups in total. The SMILES string of the molecule is CC(C)(OC(=O)C(OC(F)(F)C(F)(OC(F)(F)C(F)(F)C(F)(F)F)C(F)(F)F)(C(F)(F)F)C(F)(F)F)C(=O)c1ccc(OCCOC(=O)CN)cc1. The highest BCUT2D eigenvalue weighted by molar-refractivity contribution is 6.03. The van der Waals surface area contributed by atoms with Crippen LogP contribution in [0.3, 0.4) is 0 Å². The lowest BCUT2D eigenvalue weighted by Crippen LogP contribution is -2.72. The van der Waals surface area contributed by atoms with Crippen LogP contribution in [-0.2, 0) is 28.5 Å². The van der Waals surface area contributed by atoms with E-state index in [9.17, 15) is 97.8 Å². The van der Waals surface area contributed by atoms with Gasteiger partial charge in [-0.15, -0.1) is 0 Å². The zero-order valence-electron chi connectivity index (χ0n) is 25.0. The highest BCUT2D eigenvalue weighted by Crippen LogP contribution is 2.58. The number of halogens is 19. The number of nitrogens with two attached hydrogens (primary N) is 1. The predicted molar refractivity (Wildman–Crippen MR) is 124 cm³/mol. The first-order valence-corrected chi connectivity index (χ1v) is 12.7. The molecule has 28 heteroatoms. The molecule has 0 spiro atoms. The number of esters is 2. The van der Waals surface area contributed by atoms with Crippen molar-refractivity contribution in [1.29, 1.82) is 0 Å². The van der Waals surface area contributed by atoms with E-state index in [0.717, 1.165) is 12.1 Å². The van der Waals surface area contributed by atoms with Gasteiger partial charge in [-0.05, 0) is 38.1 Å². The van der Waals surface area contributed by atoms with Crippen molar-refractivity contribution in [3.05, 3.63) is 29.8 Å². The number of hydrogen-bond acceptors (Lipinski definition) is 9. The molecule has 0 fully saturated rings. The average Bonchev–Trinajstić information content (AvgIpc) is 2.94. The van der Waals surface area contributed by atoms with Crippen molar-refractivity contribution in [2.45, 2.75) is 73.7 Å². The minimum atomic E-state index is -8.50. The first kappa shape index (κ1) is 46.2. The van der Waals surface area contributed by atoms with Crippen LogP contribution < -0.4 is 10.5 Å². The maximum Gasteiger partial charge on any atom is 0.462 e. The first-order chi connectivity index (χ1) is 22.9. The average molecular weight is 809 g/mol. The van der Waals surface area contributed by atoms with Gasteiger partial charge in [0.25, 0.3) is 0 Å². The van der Waals surface area contributed by atoms with Gasteiger partial charge in [0.15, 0.2) is 5.60 Å². The van der Waals surface area contributed by atoms with Crippen molar-refractivity contribution in [2.24, 2.45) is 5.73 Å². The molecule has 0 heterocycles. The molecule has 0 aliphatic carbocycles. The Morgan fingerprint density at radius 2 is 1.08 bits per heavy atom. The van der Waals surface area contributed by atoms with Crippen LogP contribution in [0, 0.1) is 0 Å². The van der Waals surface area contributed by atoms with E-state index in [1.165, 1.54) is 4.74 Å². The molecular formula is C24H18F19NO8. The molecule has 52 heavy (non-hydrogen) atoms. The van der Waals surface area contributed by atoms with Gasteiger partial charge in [-0.3, -0.25) is 19.1 Å². The standard InChI is InChI=1S/C24H18F19NO8/c1-15(2,13(46)10-3-5-11(6-4-10)48-7-8-49-12(45)9-44)50-14(47)16(19(28,29)30,20(31,32)33)51-24(42,43)18(27,22(37,38)39)52-23(40,41)17(25,26)21(34,35)36/h3-6H,7-9,44H2,1-2H3. The van der Waals surface area contributed by atoms with Crippen LogP contribution in [0.4, 0.5) is 83.4 Å². The Kier molecular flexibility index (Phi) is 12.9. The van der Waals surface area contributed by atoms with Crippen LogP contribution in [0.5, 0.6) is 5.75 Å². The largest absolute Gasteiger partial charge is 0.490 e. The zero-order chi connectivity index (χ0) is 41.4. The van der Waals surface area contributed by atoms with Gasteiger partial charge in [0.1, 0.15) is 19.0 Å². The first-order valence-electron chi connectivity index (χ1n) is 12.7. The summed E-state index contributed by atoms with van der Waals surface area (Å²) in [6.45, 7) is -0.995. The van der Waals surface area contributed by atoms with Gasteiger partial charge in [0.05, 0.1) is 6.54 Å². The second-order valence-electron chi connectivity index (χ2n) is 10.1. The molecule has 0 saturated carbocycles. The van der Waals surface area contributed by atoms with E-state index in [-0.39, 0.29) is 32.8 Å². The van der Waals surface area contributed by atoms with Crippen molar-refractivity contribution >= 4 is 17.7 Å². The lowest BCUT2D eigenvalue weighted by atomic mass is 9.95. The minimum absolute atomic E-state index is 0.136. The number of ether oxygens (including phenoxy) is 5. The molecule has 1 rings (SSSR count). The summed E-state index contributed by atoms with van der Waals surface area (Å²) in [7, 11) is 0. The Morgan fingerprint density at radius 1 is 0.615 bits per heavy atom. The lowest BCUT2D eigenvalue weighted by molar-refractivity contribution is -0.551. The van der Waals surface area contributed by atoms with E-state index >= 15 is 0 Å². The number of hydrogen-bond donors (Lipinski definition) is 1. The lowest BCUT2D eigenvalue weighted by Gasteiger charge is -2.43. The smallest absolute Gasteiger partial charge is 0.462 e. The summed E-state index contributed by atoms with van der Waals surface area (Å²) in [5.74, 6) is -23.9. The number of benzene rings is 1. The summed E-state index contributed by atoms with van der Waals surface area (Å²) >= 11 is 0. The molecule has 1 aromatic carbocycles. The van der Waals surface area contributed by atoms with Crippen molar-refractivity contribution in [3.8, 4) is 5.75 Å². The molecule has 1 unspecified atom stereocenters. The molecule has 9 nitrogen and oxygen atoms in total. The number of rotatable bonds is 15. The van der Waals surface area contributed by atoms with Gasteiger partial charge in [0, 0.05) is 5.56 Å². The Labute approximate surface area is 275 Å². The fraction of sp³-hybridized carbons (Fsp3) is 0.625. The van der Waals surface area contributed by atoms with Crippen LogP contribution >= 0.6 is 0 Å². The van der Waals surface area contributed by atoms with Gasteiger partial charge in [-0.2, -0.15) is 83.4 Å². The number of Topliss-reactive ketones (excluding diaryl/α,β-unsaturated/α-hetero) is 1. The van der Waals surface area contributed by atoms with Crippen molar-refractivity contribution < 1.29 is 121 Å². The van der Waals surface area contributed by atoms with E-state index in [4.69, 9.17) is 10.5 Å². The Balaban J connectivity index is 3.68. The highest BCUT2D eigenvalue weighted by atomic mass is 19.4. The normalized spacial score (nSPS) is 15.5. The summed E-state index contributed by atoms with van der Waals surface area (Å²) in [5, 5.41) is 0. The van der Waals surface area contributed by atoms with Crippen molar-refractivity contribution in [3.63, 3.8) is 0 Å². The van der Waals surface area contributed by atoms with Gasteiger partial charge in [-0.1, -0.05) is 0 Å². The molecule has 0 amide bonds. The topological polar surface area (TPSA) is 123 Å². The monoisotopic (exact) mass is 809 g/mol. The number of carbonyl (C=O) groups excluding carboxylic acids is 3. The highest BCUT2D eigenvalue weighted by Gasteiger charge is 2.88. The van der Waals surface area contributed by atoms with E-state index in [0.29, 0.717) is 12.1 Å². The van der Waals surface area contributed by atoms with Gasteiger partial charge in [-0.25, -0.2) is 4.79 Å². The van der Waals surface area contributed by atoms with E-state index in [2.05, 4.69) is 9.47 Å².